The summed E-state index contributed by atoms with van der Waals surface area (Å²) in [4.78, 5) is 21.0. The SMILES string of the molecule is CC(C)(C)OC(=O)n1cc(Cl)c(-c2nc(Nc3cnn(Cc4ccc(N)cc4)c3)ncc2Cl)n1. The van der Waals surface area contributed by atoms with Crippen molar-refractivity contribution in [3.8, 4) is 11.4 Å². The average molecular weight is 501 g/mol. The van der Waals surface area contributed by atoms with E-state index in [9.17, 15) is 4.79 Å². The lowest BCUT2D eigenvalue weighted by atomic mass is 10.2. The zero-order chi connectivity index (χ0) is 24.5. The van der Waals surface area contributed by atoms with Crippen molar-refractivity contribution < 1.29 is 9.53 Å². The number of aromatic nitrogens is 6. The highest BCUT2D eigenvalue weighted by Gasteiger charge is 2.22. The van der Waals surface area contributed by atoms with Crippen LogP contribution in [0.25, 0.3) is 11.4 Å². The minimum absolute atomic E-state index is 0.189. The molecule has 0 aliphatic heterocycles. The number of hydrogen-bond acceptors (Lipinski definition) is 8. The number of benzene rings is 1. The molecule has 176 valence electrons. The van der Waals surface area contributed by atoms with E-state index in [-0.39, 0.29) is 27.4 Å². The smallest absolute Gasteiger partial charge is 0.435 e. The van der Waals surface area contributed by atoms with Crippen molar-refractivity contribution in [1.82, 2.24) is 29.5 Å². The minimum Gasteiger partial charge on any atom is -0.442 e. The number of halogens is 2. The summed E-state index contributed by atoms with van der Waals surface area (Å²) in [6.45, 7) is 5.85. The molecule has 4 rings (SSSR count). The lowest BCUT2D eigenvalue weighted by Crippen LogP contribution is -2.27. The van der Waals surface area contributed by atoms with Gasteiger partial charge in [-0.1, -0.05) is 35.3 Å². The molecule has 0 saturated heterocycles. The van der Waals surface area contributed by atoms with Gasteiger partial charge < -0.3 is 15.8 Å². The summed E-state index contributed by atoms with van der Waals surface area (Å²) in [5, 5.41) is 12.1. The summed E-state index contributed by atoms with van der Waals surface area (Å²) in [7, 11) is 0. The first-order valence-corrected chi connectivity index (χ1v) is 11.0. The fourth-order valence-corrected chi connectivity index (χ4v) is 3.36. The molecule has 0 aliphatic rings. The Hall–Kier alpha value is -3.63. The number of rotatable bonds is 5. The first-order valence-electron chi connectivity index (χ1n) is 10.2. The van der Waals surface area contributed by atoms with Crippen molar-refractivity contribution in [2.45, 2.75) is 32.9 Å². The quantitative estimate of drug-likeness (QED) is 0.366. The molecule has 3 N–H and O–H groups in total. The number of hydrogen-bond donors (Lipinski definition) is 2. The second-order valence-corrected chi connectivity index (χ2v) is 9.25. The molecule has 34 heavy (non-hydrogen) atoms. The van der Waals surface area contributed by atoms with Gasteiger partial charge in [-0.15, -0.1) is 0 Å². The van der Waals surface area contributed by atoms with Gasteiger partial charge in [0.1, 0.15) is 17.0 Å². The van der Waals surface area contributed by atoms with Crippen LogP contribution in [-0.4, -0.2) is 41.2 Å². The maximum absolute atomic E-state index is 12.3. The van der Waals surface area contributed by atoms with E-state index in [0.29, 0.717) is 17.9 Å². The molecule has 1 aromatic carbocycles. The van der Waals surface area contributed by atoms with Crippen LogP contribution in [0.5, 0.6) is 0 Å². The third kappa shape index (κ3) is 5.64. The Bertz CT molecular complexity index is 1330. The molecule has 0 saturated carbocycles. The summed E-state index contributed by atoms with van der Waals surface area (Å²) in [6.07, 6.45) is 5.57. The number of nitrogens with zero attached hydrogens (tertiary/aromatic N) is 6. The van der Waals surface area contributed by atoms with Crippen LogP contribution in [0.4, 0.5) is 22.1 Å². The summed E-state index contributed by atoms with van der Waals surface area (Å²) in [5.41, 5.74) is 7.98. The molecule has 0 bridgehead atoms. The fraction of sp³-hybridized carbons (Fsp3) is 0.227. The highest BCUT2D eigenvalue weighted by atomic mass is 35.5. The third-order valence-electron chi connectivity index (χ3n) is 4.43. The summed E-state index contributed by atoms with van der Waals surface area (Å²) < 4.78 is 8.10. The van der Waals surface area contributed by atoms with Crippen LogP contribution in [0.1, 0.15) is 26.3 Å². The molecular weight excluding hydrogens is 479 g/mol. The Balaban J connectivity index is 1.53. The van der Waals surface area contributed by atoms with E-state index in [2.05, 4.69) is 25.5 Å². The molecule has 0 amide bonds. The second kappa shape index (κ2) is 9.32. The van der Waals surface area contributed by atoms with Gasteiger partial charge in [0.15, 0.2) is 0 Å². The zero-order valence-electron chi connectivity index (χ0n) is 18.7. The number of nitrogens with two attached hydrogens (primary N) is 1. The highest BCUT2D eigenvalue weighted by Crippen LogP contribution is 2.31. The summed E-state index contributed by atoms with van der Waals surface area (Å²) in [6, 6.07) is 7.57. The molecule has 0 unspecified atom stereocenters. The Morgan fingerprint density at radius 2 is 1.82 bits per heavy atom. The van der Waals surface area contributed by atoms with Gasteiger partial charge in [-0.3, -0.25) is 4.68 Å². The van der Waals surface area contributed by atoms with Crippen LogP contribution in [0.15, 0.2) is 49.1 Å². The van der Waals surface area contributed by atoms with Crippen molar-refractivity contribution in [2.24, 2.45) is 0 Å². The lowest BCUT2D eigenvalue weighted by molar-refractivity contribution is 0.0515. The normalized spacial score (nSPS) is 11.4. The van der Waals surface area contributed by atoms with Crippen LogP contribution >= 0.6 is 23.2 Å². The maximum atomic E-state index is 12.3. The van der Waals surface area contributed by atoms with Gasteiger partial charge in [0, 0.05) is 11.9 Å². The van der Waals surface area contributed by atoms with E-state index in [1.54, 1.807) is 31.6 Å². The van der Waals surface area contributed by atoms with Crippen LogP contribution < -0.4 is 11.1 Å². The number of ether oxygens (including phenoxy) is 1. The van der Waals surface area contributed by atoms with Crippen molar-refractivity contribution in [3.63, 3.8) is 0 Å². The average Bonchev–Trinajstić information content (AvgIpc) is 3.36. The number of nitrogen functional groups attached to an aromatic ring is 1. The topological polar surface area (TPSA) is 126 Å². The standard InChI is InChI=1S/C22H22Cl2N8O2/c1-22(2,3)34-21(33)32-12-17(24)19(30-32)18-16(23)9-26-20(29-18)28-15-8-27-31(11-15)10-13-4-6-14(25)7-5-13/h4-9,11-12H,10,25H2,1-3H3,(H,26,28,29). The van der Waals surface area contributed by atoms with Crippen LogP contribution in [0.3, 0.4) is 0 Å². The summed E-state index contributed by atoms with van der Waals surface area (Å²) >= 11 is 12.6. The monoisotopic (exact) mass is 500 g/mol. The zero-order valence-corrected chi connectivity index (χ0v) is 20.2. The van der Waals surface area contributed by atoms with E-state index < -0.39 is 11.7 Å². The maximum Gasteiger partial charge on any atom is 0.435 e. The molecule has 12 heteroatoms. The predicted octanol–water partition coefficient (Wildman–Crippen LogP) is 5.00. The van der Waals surface area contributed by atoms with Gasteiger partial charge >= 0.3 is 6.09 Å². The first-order chi connectivity index (χ1) is 16.1. The van der Waals surface area contributed by atoms with Gasteiger partial charge in [-0.2, -0.15) is 14.9 Å². The number of nitrogens with one attached hydrogen (secondary N) is 1. The molecule has 0 aliphatic carbocycles. The van der Waals surface area contributed by atoms with Crippen molar-refractivity contribution >= 4 is 46.6 Å². The number of anilines is 3. The van der Waals surface area contributed by atoms with Gasteiger partial charge in [0.2, 0.25) is 5.95 Å². The van der Waals surface area contributed by atoms with E-state index >= 15 is 0 Å². The molecule has 4 aromatic rings. The molecule has 0 radical (unpaired) electrons. The molecule has 3 heterocycles. The number of carbonyl (C=O) groups is 1. The molecule has 10 nitrogen and oxygen atoms in total. The lowest BCUT2D eigenvalue weighted by Gasteiger charge is -2.18. The van der Waals surface area contributed by atoms with Crippen LogP contribution in [-0.2, 0) is 11.3 Å². The van der Waals surface area contributed by atoms with Gasteiger partial charge in [-0.25, -0.2) is 14.8 Å². The largest absolute Gasteiger partial charge is 0.442 e. The minimum atomic E-state index is -0.683. The van der Waals surface area contributed by atoms with E-state index in [4.69, 9.17) is 33.7 Å². The first kappa shape index (κ1) is 23.5. The molecule has 0 fully saturated rings. The Kier molecular flexibility index (Phi) is 6.45. The second-order valence-electron chi connectivity index (χ2n) is 8.43. The Morgan fingerprint density at radius 1 is 1.09 bits per heavy atom. The van der Waals surface area contributed by atoms with Gasteiger partial charge in [-0.05, 0) is 38.5 Å². The Labute approximate surface area is 205 Å². The van der Waals surface area contributed by atoms with E-state index in [1.807, 2.05) is 30.5 Å². The molecule has 3 aromatic heterocycles. The van der Waals surface area contributed by atoms with E-state index in [0.717, 1.165) is 10.2 Å². The summed E-state index contributed by atoms with van der Waals surface area (Å²) in [5.74, 6) is 0.259. The molecule has 0 spiro atoms. The van der Waals surface area contributed by atoms with E-state index in [1.165, 1.54) is 12.4 Å². The predicted molar refractivity (Wildman–Crippen MR) is 130 cm³/mol. The van der Waals surface area contributed by atoms with Crippen LogP contribution in [0.2, 0.25) is 10.0 Å². The van der Waals surface area contributed by atoms with Gasteiger partial charge in [0.05, 0.1) is 40.9 Å². The van der Waals surface area contributed by atoms with Crippen molar-refractivity contribution in [1.29, 1.82) is 0 Å². The fourth-order valence-electron chi connectivity index (χ4n) is 2.96. The van der Waals surface area contributed by atoms with Crippen LogP contribution in [0, 0.1) is 0 Å². The van der Waals surface area contributed by atoms with Crippen molar-refractivity contribution in [3.05, 3.63) is 64.7 Å². The van der Waals surface area contributed by atoms with Gasteiger partial charge in [0.25, 0.3) is 0 Å². The third-order valence-corrected chi connectivity index (χ3v) is 4.99. The molecular formula is C22H22Cl2N8O2. The Morgan fingerprint density at radius 3 is 2.53 bits per heavy atom. The van der Waals surface area contributed by atoms with Crippen molar-refractivity contribution in [2.75, 3.05) is 11.1 Å². The highest BCUT2D eigenvalue weighted by molar-refractivity contribution is 6.35. The number of carbonyl (C=O) groups excluding carboxylic acids is 1. The molecule has 0 atom stereocenters.